The van der Waals surface area contributed by atoms with Gasteiger partial charge in [-0.25, -0.2) is 9.97 Å². The van der Waals surface area contributed by atoms with Crippen molar-refractivity contribution in [2.24, 2.45) is 0 Å². The van der Waals surface area contributed by atoms with E-state index in [1.807, 2.05) is 39.0 Å². The molecule has 0 aliphatic heterocycles. The summed E-state index contributed by atoms with van der Waals surface area (Å²) in [5.41, 5.74) is 1.81. The quantitative estimate of drug-likeness (QED) is 0.790. The summed E-state index contributed by atoms with van der Waals surface area (Å²) in [6.45, 7) is 5.97. The molecule has 4 heteroatoms. The van der Waals surface area contributed by atoms with Crippen LogP contribution in [0.25, 0.3) is 10.9 Å². The average molecular weight is 281 g/mol. The molecule has 84 valence electrons. The molecule has 1 aromatic heterocycles. The van der Waals surface area contributed by atoms with Crippen molar-refractivity contribution in [3.63, 3.8) is 0 Å². The van der Waals surface area contributed by atoms with Gasteiger partial charge in [0.25, 0.3) is 0 Å². The van der Waals surface area contributed by atoms with Gasteiger partial charge in [-0.05, 0) is 42.8 Å². The van der Waals surface area contributed by atoms with E-state index in [1.165, 1.54) is 0 Å². The highest BCUT2D eigenvalue weighted by atomic mass is 79.9. The van der Waals surface area contributed by atoms with Gasteiger partial charge in [-0.15, -0.1) is 0 Å². The van der Waals surface area contributed by atoms with Crippen molar-refractivity contribution in [2.75, 3.05) is 0 Å². The SMILES string of the molecule is Cc1nc(Br)nc2c(OC(C)C)cccc12. The molecule has 1 aromatic carbocycles. The van der Waals surface area contributed by atoms with Crippen LogP contribution in [0.1, 0.15) is 19.5 Å². The molecule has 0 atom stereocenters. The molecule has 16 heavy (non-hydrogen) atoms. The van der Waals surface area contributed by atoms with E-state index < -0.39 is 0 Å². The number of hydrogen-bond acceptors (Lipinski definition) is 3. The maximum atomic E-state index is 5.73. The Labute approximate surface area is 103 Å². The molecule has 0 fully saturated rings. The second-order valence-corrected chi connectivity index (χ2v) is 4.61. The third kappa shape index (κ3) is 2.16. The number of aryl methyl sites for hydroxylation is 1. The molecule has 0 spiro atoms. The van der Waals surface area contributed by atoms with Crippen LogP contribution < -0.4 is 4.74 Å². The second kappa shape index (κ2) is 4.37. The molecule has 0 unspecified atom stereocenters. The highest BCUT2D eigenvalue weighted by molar-refractivity contribution is 9.10. The van der Waals surface area contributed by atoms with Crippen LogP contribution in [-0.4, -0.2) is 16.1 Å². The third-order valence-electron chi connectivity index (χ3n) is 2.22. The molecule has 2 rings (SSSR count). The first kappa shape index (κ1) is 11.3. The number of nitrogens with zero attached hydrogens (tertiary/aromatic N) is 2. The number of fused-ring (bicyclic) bond motifs is 1. The fourth-order valence-electron chi connectivity index (χ4n) is 1.59. The molecule has 0 radical (unpaired) electrons. The number of para-hydroxylation sites is 1. The van der Waals surface area contributed by atoms with E-state index in [0.29, 0.717) is 4.73 Å². The van der Waals surface area contributed by atoms with Gasteiger partial charge in [0.05, 0.1) is 6.10 Å². The molecule has 3 nitrogen and oxygen atoms in total. The Kier molecular flexibility index (Phi) is 3.10. The highest BCUT2D eigenvalue weighted by Gasteiger charge is 2.09. The standard InChI is InChI=1S/C12H13BrN2O/c1-7(2)16-10-6-4-5-9-8(3)14-12(13)15-11(9)10/h4-7H,1-3H3. The molecule has 0 amide bonds. The van der Waals surface area contributed by atoms with Crippen molar-refractivity contribution in [3.05, 3.63) is 28.6 Å². The van der Waals surface area contributed by atoms with E-state index in [-0.39, 0.29) is 6.10 Å². The summed E-state index contributed by atoms with van der Waals surface area (Å²) in [5.74, 6) is 0.804. The van der Waals surface area contributed by atoms with Gasteiger partial charge in [-0.3, -0.25) is 0 Å². The molecule has 0 aliphatic rings. The van der Waals surface area contributed by atoms with Crippen molar-refractivity contribution in [1.29, 1.82) is 0 Å². The Morgan fingerprint density at radius 1 is 1.25 bits per heavy atom. The van der Waals surface area contributed by atoms with Crippen LogP contribution in [0.2, 0.25) is 0 Å². The Morgan fingerprint density at radius 2 is 2.00 bits per heavy atom. The van der Waals surface area contributed by atoms with E-state index in [1.54, 1.807) is 0 Å². The van der Waals surface area contributed by atoms with Gasteiger partial charge in [-0.1, -0.05) is 12.1 Å². The Morgan fingerprint density at radius 3 is 2.69 bits per heavy atom. The van der Waals surface area contributed by atoms with Crippen LogP contribution in [-0.2, 0) is 0 Å². The predicted octanol–water partition coefficient (Wildman–Crippen LogP) is 3.49. The van der Waals surface area contributed by atoms with Crippen LogP contribution in [0.5, 0.6) is 5.75 Å². The number of rotatable bonds is 2. The fraction of sp³-hybridized carbons (Fsp3) is 0.333. The third-order valence-corrected chi connectivity index (χ3v) is 2.57. The molecule has 0 saturated carbocycles. The topological polar surface area (TPSA) is 35.0 Å². The lowest BCUT2D eigenvalue weighted by Crippen LogP contribution is -2.06. The van der Waals surface area contributed by atoms with Gasteiger partial charge in [0, 0.05) is 11.1 Å². The van der Waals surface area contributed by atoms with Crippen LogP contribution >= 0.6 is 15.9 Å². The Hall–Kier alpha value is -1.16. The summed E-state index contributed by atoms with van der Waals surface area (Å²) in [6, 6.07) is 5.90. The van der Waals surface area contributed by atoms with E-state index in [4.69, 9.17) is 4.74 Å². The Balaban J connectivity index is 2.66. The average Bonchev–Trinajstić information content (AvgIpc) is 2.18. The summed E-state index contributed by atoms with van der Waals surface area (Å²) < 4.78 is 6.32. The van der Waals surface area contributed by atoms with Crippen molar-refractivity contribution in [1.82, 2.24) is 9.97 Å². The molecule has 2 aromatic rings. The van der Waals surface area contributed by atoms with E-state index >= 15 is 0 Å². The van der Waals surface area contributed by atoms with Crippen molar-refractivity contribution < 1.29 is 4.74 Å². The number of aromatic nitrogens is 2. The lowest BCUT2D eigenvalue weighted by atomic mass is 10.2. The van der Waals surface area contributed by atoms with Crippen molar-refractivity contribution in [3.8, 4) is 5.75 Å². The first-order chi connectivity index (χ1) is 7.58. The minimum Gasteiger partial charge on any atom is -0.489 e. The smallest absolute Gasteiger partial charge is 0.197 e. The van der Waals surface area contributed by atoms with E-state index in [2.05, 4.69) is 25.9 Å². The molecule has 0 N–H and O–H groups in total. The van der Waals surface area contributed by atoms with Crippen LogP contribution in [0.3, 0.4) is 0 Å². The van der Waals surface area contributed by atoms with Gasteiger partial charge >= 0.3 is 0 Å². The number of hydrogen-bond donors (Lipinski definition) is 0. The van der Waals surface area contributed by atoms with Crippen LogP contribution in [0.15, 0.2) is 22.9 Å². The monoisotopic (exact) mass is 280 g/mol. The Bertz CT molecular complexity index is 526. The fourth-order valence-corrected chi connectivity index (χ4v) is 2.04. The maximum Gasteiger partial charge on any atom is 0.197 e. The lowest BCUT2D eigenvalue weighted by molar-refractivity contribution is 0.245. The molecule has 1 heterocycles. The van der Waals surface area contributed by atoms with Gasteiger partial charge in [0.15, 0.2) is 4.73 Å². The first-order valence-corrected chi connectivity index (χ1v) is 5.96. The zero-order chi connectivity index (χ0) is 11.7. The largest absolute Gasteiger partial charge is 0.489 e. The van der Waals surface area contributed by atoms with Gasteiger partial charge in [-0.2, -0.15) is 0 Å². The van der Waals surface area contributed by atoms with Crippen LogP contribution in [0.4, 0.5) is 0 Å². The lowest BCUT2D eigenvalue weighted by Gasteiger charge is -2.12. The first-order valence-electron chi connectivity index (χ1n) is 5.17. The zero-order valence-corrected chi connectivity index (χ0v) is 11.1. The second-order valence-electron chi connectivity index (χ2n) is 3.90. The molecule has 0 saturated heterocycles. The van der Waals surface area contributed by atoms with Gasteiger partial charge in [0.2, 0.25) is 0 Å². The summed E-state index contributed by atoms with van der Waals surface area (Å²) in [4.78, 5) is 8.64. The summed E-state index contributed by atoms with van der Waals surface area (Å²) in [6.07, 6.45) is 0.139. The molecular formula is C12H13BrN2O. The normalized spacial score (nSPS) is 11.1. The van der Waals surface area contributed by atoms with Crippen molar-refractivity contribution in [2.45, 2.75) is 26.9 Å². The maximum absolute atomic E-state index is 5.73. The summed E-state index contributed by atoms with van der Waals surface area (Å²) in [7, 11) is 0. The number of ether oxygens (including phenoxy) is 1. The highest BCUT2D eigenvalue weighted by Crippen LogP contribution is 2.27. The summed E-state index contributed by atoms with van der Waals surface area (Å²) in [5, 5.41) is 1.03. The molecular weight excluding hydrogens is 268 g/mol. The minimum atomic E-state index is 0.139. The van der Waals surface area contributed by atoms with E-state index in [0.717, 1.165) is 22.3 Å². The van der Waals surface area contributed by atoms with E-state index in [9.17, 15) is 0 Å². The zero-order valence-electron chi connectivity index (χ0n) is 9.49. The van der Waals surface area contributed by atoms with Gasteiger partial charge < -0.3 is 4.74 Å². The van der Waals surface area contributed by atoms with Crippen LogP contribution in [0, 0.1) is 6.92 Å². The van der Waals surface area contributed by atoms with Gasteiger partial charge in [0.1, 0.15) is 11.3 Å². The minimum absolute atomic E-state index is 0.139. The predicted molar refractivity (Wildman–Crippen MR) is 67.7 cm³/mol. The molecule has 0 aliphatic carbocycles. The number of benzene rings is 1. The van der Waals surface area contributed by atoms with Crippen molar-refractivity contribution >= 4 is 26.8 Å². The number of halogens is 1. The summed E-state index contributed by atoms with van der Waals surface area (Å²) >= 11 is 3.31. The molecule has 0 bridgehead atoms.